The van der Waals surface area contributed by atoms with Crippen molar-refractivity contribution in [3.8, 4) is 11.4 Å². The first-order valence-electron chi connectivity index (χ1n) is 5.19. The lowest BCUT2D eigenvalue weighted by atomic mass is 10.1. The van der Waals surface area contributed by atoms with E-state index >= 15 is 0 Å². The highest BCUT2D eigenvalue weighted by molar-refractivity contribution is 5.61. The Morgan fingerprint density at radius 1 is 0.688 bits per heavy atom. The normalized spacial score (nSPS) is 10.5. The molecule has 0 radical (unpaired) electrons. The van der Waals surface area contributed by atoms with Gasteiger partial charge in [0, 0.05) is 12.4 Å². The molecule has 2 rings (SSSR count). The molecule has 0 aliphatic heterocycles. The van der Waals surface area contributed by atoms with E-state index in [1.165, 1.54) is 0 Å². The molecule has 0 saturated carbocycles. The van der Waals surface area contributed by atoms with Gasteiger partial charge in [0.2, 0.25) is 0 Å². The molecule has 2 aromatic heterocycles. The van der Waals surface area contributed by atoms with Crippen molar-refractivity contribution < 1.29 is 0 Å². The van der Waals surface area contributed by atoms with Crippen molar-refractivity contribution in [2.75, 3.05) is 0 Å². The second-order valence-electron chi connectivity index (χ2n) is 3.90. The fourth-order valence-electron chi connectivity index (χ4n) is 1.54. The van der Waals surface area contributed by atoms with Crippen molar-refractivity contribution in [2.45, 2.75) is 27.7 Å². The van der Waals surface area contributed by atoms with Gasteiger partial charge in [0.1, 0.15) is 11.6 Å². The first kappa shape index (κ1) is 10.7. The van der Waals surface area contributed by atoms with Crippen LogP contribution < -0.4 is 0 Å². The first-order chi connectivity index (χ1) is 7.58. The summed E-state index contributed by atoms with van der Waals surface area (Å²) in [6.07, 6.45) is 3.66. The van der Waals surface area contributed by atoms with Crippen molar-refractivity contribution in [3.05, 3.63) is 35.2 Å². The molecular formula is C12H14N4. The Labute approximate surface area is 94.8 Å². The number of aryl methyl sites for hydroxylation is 4. The van der Waals surface area contributed by atoms with Crippen LogP contribution in [0.1, 0.15) is 22.8 Å². The third-order valence-electron chi connectivity index (χ3n) is 2.41. The lowest BCUT2D eigenvalue weighted by Gasteiger charge is -2.07. The van der Waals surface area contributed by atoms with Crippen LogP contribution >= 0.6 is 0 Å². The van der Waals surface area contributed by atoms with Gasteiger partial charge in [-0.25, -0.2) is 19.9 Å². The fraction of sp³-hybridized carbons (Fsp3) is 0.333. The average molecular weight is 214 g/mol. The SMILES string of the molecule is Cc1ncc(C)c(-c2nc(C)ncc2C)n1. The summed E-state index contributed by atoms with van der Waals surface area (Å²) in [5.74, 6) is 1.52. The molecule has 0 saturated heterocycles. The summed E-state index contributed by atoms with van der Waals surface area (Å²) in [5.41, 5.74) is 3.87. The first-order valence-corrected chi connectivity index (χ1v) is 5.19. The average Bonchev–Trinajstić information content (AvgIpc) is 2.25. The zero-order valence-electron chi connectivity index (χ0n) is 9.94. The van der Waals surface area contributed by atoms with Gasteiger partial charge >= 0.3 is 0 Å². The van der Waals surface area contributed by atoms with Crippen LogP contribution in [0.5, 0.6) is 0 Å². The van der Waals surface area contributed by atoms with E-state index in [0.29, 0.717) is 0 Å². The van der Waals surface area contributed by atoms with Gasteiger partial charge in [-0.05, 0) is 38.8 Å². The molecule has 2 aromatic rings. The van der Waals surface area contributed by atoms with Gasteiger partial charge < -0.3 is 0 Å². The molecule has 82 valence electrons. The molecule has 4 heteroatoms. The molecule has 2 heterocycles. The van der Waals surface area contributed by atoms with E-state index in [1.54, 1.807) is 0 Å². The minimum absolute atomic E-state index is 0.760. The van der Waals surface area contributed by atoms with Crippen LogP contribution in [0.3, 0.4) is 0 Å². The van der Waals surface area contributed by atoms with E-state index in [1.807, 2.05) is 40.1 Å². The minimum atomic E-state index is 0.760. The predicted octanol–water partition coefficient (Wildman–Crippen LogP) is 2.17. The Kier molecular flexibility index (Phi) is 2.64. The molecule has 0 bridgehead atoms. The third-order valence-corrected chi connectivity index (χ3v) is 2.41. The van der Waals surface area contributed by atoms with E-state index in [2.05, 4.69) is 19.9 Å². The van der Waals surface area contributed by atoms with Gasteiger partial charge in [-0.2, -0.15) is 0 Å². The monoisotopic (exact) mass is 214 g/mol. The van der Waals surface area contributed by atoms with Gasteiger partial charge in [-0.1, -0.05) is 0 Å². The molecule has 0 fully saturated rings. The Bertz CT molecular complexity index is 485. The number of nitrogens with zero attached hydrogens (tertiary/aromatic N) is 4. The van der Waals surface area contributed by atoms with Gasteiger partial charge in [0.05, 0.1) is 11.4 Å². The lowest BCUT2D eigenvalue weighted by Crippen LogP contribution is -2.00. The fourth-order valence-corrected chi connectivity index (χ4v) is 1.54. The lowest BCUT2D eigenvalue weighted by molar-refractivity contribution is 0.993. The number of aromatic nitrogens is 4. The molecule has 0 N–H and O–H groups in total. The second kappa shape index (κ2) is 3.96. The van der Waals surface area contributed by atoms with E-state index in [0.717, 1.165) is 34.2 Å². The summed E-state index contributed by atoms with van der Waals surface area (Å²) in [5, 5.41) is 0. The van der Waals surface area contributed by atoms with E-state index in [4.69, 9.17) is 0 Å². The zero-order valence-corrected chi connectivity index (χ0v) is 9.94. The summed E-state index contributed by atoms with van der Waals surface area (Å²) < 4.78 is 0. The minimum Gasteiger partial charge on any atom is -0.241 e. The van der Waals surface area contributed by atoms with Crippen LogP contribution in [-0.4, -0.2) is 19.9 Å². The van der Waals surface area contributed by atoms with E-state index < -0.39 is 0 Å². The van der Waals surface area contributed by atoms with Gasteiger partial charge in [-0.15, -0.1) is 0 Å². The number of rotatable bonds is 1. The molecule has 0 aliphatic rings. The molecule has 0 aromatic carbocycles. The molecular weight excluding hydrogens is 200 g/mol. The maximum Gasteiger partial charge on any atom is 0.125 e. The molecule has 0 aliphatic carbocycles. The Balaban J connectivity index is 2.66. The number of hydrogen-bond acceptors (Lipinski definition) is 4. The molecule has 0 amide bonds. The van der Waals surface area contributed by atoms with Gasteiger partial charge in [0.15, 0.2) is 0 Å². The maximum atomic E-state index is 4.44. The van der Waals surface area contributed by atoms with Crippen LogP contribution in [0.2, 0.25) is 0 Å². The largest absolute Gasteiger partial charge is 0.241 e. The van der Waals surface area contributed by atoms with E-state index in [9.17, 15) is 0 Å². The molecule has 4 nitrogen and oxygen atoms in total. The van der Waals surface area contributed by atoms with Crippen LogP contribution in [0.4, 0.5) is 0 Å². The zero-order chi connectivity index (χ0) is 11.7. The standard InChI is InChI=1S/C12H14N4/c1-7-5-13-9(3)15-11(7)12-8(2)6-14-10(4)16-12/h5-6H,1-4H3. The topological polar surface area (TPSA) is 51.6 Å². The van der Waals surface area contributed by atoms with Crippen molar-refractivity contribution in [3.63, 3.8) is 0 Å². The summed E-state index contributed by atoms with van der Waals surface area (Å²) in [7, 11) is 0. The molecule has 0 unspecified atom stereocenters. The second-order valence-corrected chi connectivity index (χ2v) is 3.90. The Morgan fingerprint density at radius 3 is 1.44 bits per heavy atom. The highest BCUT2D eigenvalue weighted by Gasteiger charge is 2.10. The van der Waals surface area contributed by atoms with Crippen LogP contribution in [0.25, 0.3) is 11.4 Å². The summed E-state index contributed by atoms with van der Waals surface area (Å²) in [6.45, 7) is 7.75. The molecule has 0 atom stereocenters. The van der Waals surface area contributed by atoms with Crippen LogP contribution in [0.15, 0.2) is 12.4 Å². The van der Waals surface area contributed by atoms with Gasteiger partial charge in [0.25, 0.3) is 0 Å². The molecule has 16 heavy (non-hydrogen) atoms. The third kappa shape index (κ3) is 1.91. The highest BCUT2D eigenvalue weighted by Crippen LogP contribution is 2.21. The number of hydrogen-bond donors (Lipinski definition) is 0. The van der Waals surface area contributed by atoms with E-state index in [-0.39, 0.29) is 0 Å². The van der Waals surface area contributed by atoms with Crippen molar-refractivity contribution >= 4 is 0 Å². The summed E-state index contributed by atoms with van der Waals surface area (Å²) >= 11 is 0. The van der Waals surface area contributed by atoms with Crippen molar-refractivity contribution in [1.82, 2.24) is 19.9 Å². The quantitative estimate of drug-likeness (QED) is 0.730. The van der Waals surface area contributed by atoms with Crippen molar-refractivity contribution in [1.29, 1.82) is 0 Å². The summed E-state index contributed by atoms with van der Waals surface area (Å²) in [4.78, 5) is 17.2. The maximum absolute atomic E-state index is 4.44. The van der Waals surface area contributed by atoms with Crippen LogP contribution in [0, 0.1) is 27.7 Å². The smallest absolute Gasteiger partial charge is 0.125 e. The van der Waals surface area contributed by atoms with Crippen LogP contribution in [-0.2, 0) is 0 Å². The van der Waals surface area contributed by atoms with Gasteiger partial charge in [-0.3, -0.25) is 0 Å². The molecule has 0 spiro atoms. The van der Waals surface area contributed by atoms with Crippen molar-refractivity contribution in [2.24, 2.45) is 0 Å². The Hall–Kier alpha value is -1.84. The predicted molar refractivity (Wildman–Crippen MR) is 62.0 cm³/mol. The highest BCUT2D eigenvalue weighted by atomic mass is 14.9. The summed E-state index contributed by atoms with van der Waals surface area (Å²) in [6, 6.07) is 0. The Morgan fingerprint density at radius 2 is 1.06 bits per heavy atom.